The summed E-state index contributed by atoms with van der Waals surface area (Å²) >= 11 is 0. The zero-order chi connectivity index (χ0) is 18.4. The van der Waals surface area contributed by atoms with Crippen molar-refractivity contribution in [2.75, 3.05) is 32.7 Å². The quantitative estimate of drug-likeness (QED) is 0.809. The highest BCUT2D eigenvalue weighted by molar-refractivity contribution is 5.82. The van der Waals surface area contributed by atoms with E-state index in [4.69, 9.17) is 4.42 Å². The number of rotatable bonds is 6. The number of hydrogen-bond acceptors (Lipinski definition) is 4. The van der Waals surface area contributed by atoms with E-state index in [-0.39, 0.29) is 18.0 Å². The van der Waals surface area contributed by atoms with Crippen molar-refractivity contribution < 1.29 is 14.0 Å². The number of carbonyl (C=O) groups excluding carboxylic acids is 2. The van der Waals surface area contributed by atoms with Gasteiger partial charge in [0.1, 0.15) is 5.76 Å². The molecule has 2 fully saturated rings. The standard InChI is InChI=1S/C19H30N4O3/c1-2-20-19(25)23-11-9-22(10-12-23)17(15-6-3-4-7-15)18(24)21-14-16-8-5-13-26-16/h5,8,13,15,17H,2-4,6-7,9-12,14H2,1H3,(H,20,25)(H,21,24). The van der Waals surface area contributed by atoms with Crippen molar-refractivity contribution in [3.8, 4) is 0 Å². The lowest BCUT2D eigenvalue weighted by Gasteiger charge is -2.40. The molecule has 7 nitrogen and oxygen atoms in total. The average molecular weight is 362 g/mol. The van der Waals surface area contributed by atoms with E-state index in [2.05, 4.69) is 15.5 Å². The first-order chi connectivity index (χ1) is 12.7. The summed E-state index contributed by atoms with van der Waals surface area (Å²) in [6, 6.07) is 3.59. The molecular formula is C19H30N4O3. The molecule has 0 radical (unpaired) electrons. The molecule has 2 aliphatic rings. The van der Waals surface area contributed by atoms with Crippen LogP contribution in [0.5, 0.6) is 0 Å². The molecule has 1 saturated heterocycles. The molecule has 3 rings (SSSR count). The molecular weight excluding hydrogens is 332 g/mol. The summed E-state index contributed by atoms with van der Waals surface area (Å²) in [5.41, 5.74) is 0. The molecule has 1 saturated carbocycles. The lowest BCUT2D eigenvalue weighted by Crippen LogP contribution is -2.58. The van der Waals surface area contributed by atoms with Crippen molar-refractivity contribution in [3.63, 3.8) is 0 Å². The maximum absolute atomic E-state index is 13.0. The lowest BCUT2D eigenvalue weighted by atomic mass is 9.95. The van der Waals surface area contributed by atoms with Crippen LogP contribution in [0.15, 0.2) is 22.8 Å². The smallest absolute Gasteiger partial charge is 0.317 e. The van der Waals surface area contributed by atoms with Gasteiger partial charge in [-0.05, 0) is 37.8 Å². The van der Waals surface area contributed by atoms with Crippen LogP contribution in [0.1, 0.15) is 38.4 Å². The van der Waals surface area contributed by atoms with E-state index >= 15 is 0 Å². The van der Waals surface area contributed by atoms with Gasteiger partial charge in [0.15, 0.2) is 0 Å². The zero-order valence-corrected chi connectivity index (χ0v) is 15.6. The monoisotopic (exact) mass is 362 g/mol. The second kappa shape index (κ2) is 9.07. The van der Waals surface area contributed by atoms with Gasteiger partial charge in [0, 0.05) is 32.7 Å². The second-order valence-electron chi connectivity index (χ2n) is 7.15. The molecule has 0 bridgehead atoms. The van der Waals surface area contributed by atoms with Crippen LogP contribution in [0.25, 0.3) is 0 Å². The molecule has 2 heterocycles. The third kappa shape index (κ3) is 4.58. The lowest BCUT2D eigenvalue weighted by molar-refractivity contribution is -0.129. The number of urea groups is 1. The summed E-state index contributed by atoms with van der Waals surface area (Å²) in [5.74, 6) is 1.26. The first-order valence-corrected chi connectivity index (χ1v) is 9.76. The fourth-order valence-electron chi connectivity index (χ4n) is 4.11. The van der Waals surface area contributed by atoms with Gasteiger partial charge in [-0.25, -0.2) is 4.79 Å². The molecule has 0 aromatic carbocycles. The molecule has 3 amide bonds. The molecule has 1 atom stereocenters. The van der Waals surface area contributed by atoms with Gasteiger partial charge >= 0.3 is 6.03 Å². The van der Waals surface area contributed by atoms with Gasteiger partial charge in [-0.1, -0.05) is 12.8 Å². The van der Waals surface area contributed by atoms with E-state index in [0.29, 0.717) is 32.1 Å². The van der Waals surface area contributed by atoms with Crippen molar-refractivity contribution in [3.05, 3.63) is 24.2 Å². The minimum Gasteiger partial charge on any atom is -0.467 e. The van der Waals surface area contributed by atoms with Crippen LogP contribution in [0.3, 0.4) is 0 Å². The molecule has 2 N–H and O–H groups in total. The third-order valence-electron chi connectivity index (χ3n) is 5.45. The molecule has 1 aromatic rings. The summed E-state index contributed by atoms with van der Waals surface area (Å²) in [6.45, 7) is 5.81. The Morgan fingerprint density at radius 1 is 1.19 bits per heavy atom. The highest BCUT2D eigenvalue weighted by atomic mass is 16.3. The van der Waals surface area contributed by atoms with Crippen LogP contribution in [0.2, 0.25) is 0 Å². The van der Waals surface area contributed by atoms with Crippen LogP contribution in [-0.4, -0.2) is 60.5 Å². The van der Waals surface area contributed by atoms with E-state index in [9.17, 15) is 9.59 Å². The summed E-state index contributed by atoms with van der Waals surface area (Å²) in [4.78, 5) is 29.1. The molecule has 26 heavy (non-hydrogen) atoms. The van der Waals surface area contributed by atoms with E-state index < -0.39 is 0 Å². The van der Waals surface area contributed by atoms with Gasteiger partial charge in [-0.3, -0.25) is 9.69 Å². The summed E-state index contributed by atoms with van der Waals surface area (Å²) in [5, 5.41) is 5.90. The fraction of sp³-hybridized carbons (Fsp3) is 0.684. The minimum atomic E-state index is -0.108. The Hall–Kier alpha value is -2.02. The topological polar surface area (TPSA) is 77.8 Å². The SMILES string of the molecule is CCNC(=O)N1CCN(C(C(=O)NCc2ccco2)C2CCCC2)CC1. The van der Waals surface area contributed by atoms with Crippen LogP contribution >= 0.6 is 0 Å². The average Bonchev–Trinajstić information content (AvgIpc) is 3.35. The van der Waals surface area contributed by atoms with Gasteiger partial charge in [0.05, 0.1) is 18.8 Å². The van der Waals surface area contributed by atoms with E-state index in [1.54, 1.807) is 6.26 Å². The van der Waals surface area contributed by atoms with Gasteiger partial charge < -0.3 is 20.0 Å². The number of nitrogens with zero attached hydrogens (tertiary/aromatic N) is 2. The highest BCUT2D eigenvalue weighted by Gasteiger charge is 2.37. The molecule has 1 unspecified atom stereocenters. The molecule has 144 valence electrons. The van der Waals surface area contributed by atoms with Gasteiger partial charge in [-0.15, -0.1) is 0 Å². The van der Waals surface area contributed by atoms with Crippen molar-refractivity contribution in [2.24, 2.45) is 5.92 Å². The Balaban J connectivity index is 1.59. The number of hydrogen-bond donors (Lipinski definition) is 2. The maximum Gasteiger partial charge on any atom is 0.317 e. The first-order valence-electron chi connectivity index (χ1n) is 9.76. The highest BCUT2D eigenvalue weighted by Crippen LogP contribution is 2.31. The first kappa shape index (κ1) is 18.8. The number of piperazine rings is 1. The minimum absolute atomic E-state index is 0.00756. The van der Waals surface area contributed by atoms with E-state index in [1.165, 1.54) is 12.8 Å². The summed E-state index contributed by atoms with van der Waals surface area (Å²) < 4.78 is 5.32. The van der Waals surface area contributed by atoms with Crippen LogP contribution in [-0.2, 0) is 11.3 Å². The number of carbonyl (C=O) groups is 2. The normalized spacial score (nSPS) is 20.1. The van der Waals surface area contributed by atoms with E-state index in [1.807, 2.05) is 24.0 Å². The summed E-state index contributed by atoms with van der Waals surface area (Å²) in [6.07, 6.45) is 6.23. The summed E-state index contributed by atoms with van der Waals surface area (Å²) in [7, 11) is 0. The Morgan fingerprint density at radius 2 is 1.92 bits per heavy atom. The fourth-order valence-corrected chi connectivity index (χ4v) is 4.11. The predicted molar refractivity (Wildman–Crippen MR) is 98.5 cm³/mol. The Labute approximate surface area is 155 Å². The van der Waals surface area contributed by atoms with Crippen LogP contribution in [0, 0.1) is 5.92 Å². The Morgan fingerprint density at radius 3 is 2.54 bits per heavy atom. The maximum atomic E-state index is 13.0. The number of nitrogens with one attached hydrogen (secondary N) is 2. The second-order valence-corrected chi connectivity index (χ2v) is 7.15. The van der Waals surface area contributed by atoms with E-state index in [0.717, 1.165) is 31.7 Å². The molecule has 7 heteroatoms. The van der Waals surface area contributed by atoms with Crippen molar-refractivity contribution in [1.82, 2.24) is 20.4 Å². The van der Waals surface area contributed by atoms with Crippen molar-refractivity contribution >= 4 is 11.9 Å². The molecule has 0 spiro atoms. The largest absolute Gasteiger partial charge is 0.467 e. The van der Waals surface area contributed by atoms with Gasteiger partial charge in [-0.2, -0.15) is 0 Å². The van der Waals surface area contributed by atoms with Gasteiger partial charge in [0.25, 0.3) is 0 Å². The number of furan rings is 1. The van der Waals surface area contributed by atoms with Crippen LogP contribution < -0.4 is 10.6 Å². The predicted octanol–water partition coefficient (Wildman–Crippen LogP) is 1.80. The molecule has 1 aliphatic carbocycles. The molecule has 1 aliphatic heterocycles. The van der Waals surface area contributed by atoms with Crippen molar-refractivity contribution in [1.29, 1.82) is 0 Å². The zero-order valence-electron chi connectivity index (χ0n) is 15.6. The van der Waals surface area contributed by atoms with Gasteiger partial charge in [0.2, 0.25) is 5.91 Å². The van der Waals surface area contributed by atoms with Crippen LogP contribution in [0.4, 0.5) is 4.79 Å². The Kier molecular flexibility index (Phi) is 6.55. The third-order valence-corrected chi connectivity index (χ3v) is 5.45. The number of amides is 3. The molecule has 1 aromatic heterocycles. The Bertz CT molecular complexity index is 576. The van der Waals surface area contributed by atoms with Crippen molar-refractivity contribution in [2.45, 2.75) is 45.2 Å².